The average Bonchev–Trinajstić information content (AvgIpc) is 2.87. The van der Waals surface area contributed by atoms with Gasteiger partial charge in [-0.15, -0.1) is 0 Å². The maximum absolute atomic E-state index is 4.30. The van der Waals surface area contributed by atoms with Gasteiger partial charge in [-0.25, -0.2) is 4.98 Å². The van der Waals surface area contributed by atoms with Crippen molar-refractivity contribution in [2.75, 3.05) is 13.1 Å². The quantitative estimate of drug-likeness (QED) is 0.797. The molecule has 1 atom stereocenters. The molecule has 2 aromatic heterocycles. The highest BCUT2D eigenvalue weighted by atomic mass is 15.0. The maximum atomic E-state index is 4.30. The number of rotatable bonds is 2. The number of hydrogen-bond donors (Lipinski definition) is 1. The summed E-state index contributed by atoms with van der Waals surface area (Å²) in [6, 6.07) is 6.35. The molecule has 15 heavy (non-hydrogen) atoms. The van der Waals surface area contributed by atoms with E-state index < -0.39 is 0 Å². The molecular weight excluding hydrogens is 186 g/mol. The van der Waals surface area contributed by atoms with E-state index in [2.05, 4.69) is 32.9 Å². The molecule has 0 radical (unpaired) electrons. The summed E-state index contributed by atoms with van der Waals surface area (Å²) in [5, 5.41) is 3.41. The van der Waals surface area contributed by atoms with Gasteiger partial charge >= 0.3 is 0 Å². The molecule has 1 fully saturated rings. The fourth-order valence-electron chi connectivity index (χ4n) is 2.36. The molecule has 3 heteroatoms. The zero-order valence-electron chi connectivity index (χ0n) is 8.69. The van der Waals surface area contributed by atoms with Crippen LogP contribution in [0.1, 0.15) is 12.1 Å². The van der Waals surface area contributed by atoms with Crippen LogP contribution in [0, 0.1) is 5.92 Å². The summed E-state index contributed by atoms with van der Waals surface area (Å²) >= 11 is 0. The molecule has 1 aliphatic rings. The normalized spacial score (nSPS) is 21.2. The van der Waals surface area contributed by atoms with Gasteiger partial charge in [0.2, 0.25) is 0 Å². The van der Waals surface area contributed by atoms with Gasteiger partial charge in [0.1, 0.15) is 5.65 Å². The van der Waals surface area contributed by atoms with Crippen LogP contribution in [-0.2, 0) is 6.42 Å². The van der Waals surface area contributed by atoms with Crippen LogP contribution in [0.15, 0.2) is 30.6 Å². The second-order valence-corrected chi connectivity index (χ2v) is 4.24. The molecule has 0 bridgehead atoms. The minimum absolute atomic E-state index is 0.790. The second-order valence-electron chi connectivity index (χ2n) is 4.24. The van der Waals surface area contributed by atoms with Crippen molar-refractivity contribution in [1.29, 1.82) is 0 Å². The van der Waals surface area contributed by atoms with E-state index in [0.717, 1.165) is 24.5 Å². The summed E-state index contributed by atoms with van der Waals surface area (Å²) in [6.07, 6.45) is 6.37. The molecule has 78 valence electrons. The predicted octanol–water partition coefficient (Wildman–Crippen LogP) is 1.49. The van der Waals surface area contributed by atoms with E-state index in [-0.39, 0.29) is 0 Å². The van der Waals surface area contributed by atoms with Gasteiger partial charge in [-0.3, -0.25) is 0 Å². The zero-order chi connectivity index (χ0) is 10.1. The Morgan fingerprint density at radius 3 is 3.33 bits per heavy atom. The Kier molecular flexibility index (Phi) is 2.18. The highest BCUT2D eigenvalue weighted by Crippen LogP contribution is 2.16. The summed E-state index contributed by atoms with van der Waals surface area (Å²) < 4.78 is 2.19. The van der Waals surface area contributed by atoms with E-state index in [1.807, 2.05) is 12.4 Å². The molecule has 3 heterocycles. The van der Waals surface area contributed by atoms with Crippen LogP contribution in [-0.4, -0.2) is 22.5 Å². The van der Waals surface area contributed by atoms with E-state index in [1.165, 1.54) is 18.7 Å². The lowest BCUT2D eigenvalue weighted by Crippen LogP contribution is -2.12. The third-order valence-electron chi connectivity index (χ3n) is 3.17. The molecule has 2 aromatic rings. The SMILES string of the molecule is c1cc(CC2CCNC2)n2ccnc2c1. The van der Waals surface area contributed by atoms with Gasteiger partial charge in [-0.2, -0.15) is 0 Å². The number of hydrogen-bond acceptors (Lipinski definition) is 2. The average molecular weight is 201 g/mol. The number of fused-ring (bicyclic) bond motifs is 1. The van der Waals surface area contributed by atoms with Gasteiger partial charge in [-0.1, -0.05) is 6.07 Å². The van der Waals surface area contributed by atoms with Gasteiger partial charge in [0.15, 0.2) is 0 Å². The monoisotopic (exact) mass is 201 g/mol. The first-order chi connectivity index (χ1) is 7.43. The molecule has 3 nitrogen and oxygen atoms in total. The van der Waals surface area contributed by atoms with Crippen molar-refractivity contribution in [3.63, 3.8) is 0 Å². The summed E-state index contributed by atoms with van der Waals surface area (Å²) in [4.78, 5) is 4.30. The van der Waals surface area contributed by atoms with Crippen molar-refractivity contribution in [3.8, 4) is 0 Å². The van der Waals surface area contributed by atoms with Crippen LogP contribution in [0.25, 0.3) is 5.65 Å². The van der Waals surface area contributed by atoms with E-state index in [1.54, 1.807) is 0 Å². The highest BCUT2D eigenvalue weighted by Gasteiger charge is 2.15. The van der Waals surface area contributed by atoms with Crippen LogP contribution in [0.2, 0.25) is 0 Å². The van der Waals surface area contributed by atoms with E-state index in [9.17, 15) is 0 Å². The Hall–Kier alpha value is -1.35. The molecule has 1 N–H and O–H groups in total. The van der Waals surface area contributed by atoms with Gasteiger partial charge in [0.05, 0.1) is 0 Å². The Labute approximate surface area is 89.1 Å². The summed E-state index contributed by atoms with van der Waals surface area (Å²) in [6.45, 7) is 2.33. The molecule has 0 saturated carbocycles. The predicted molar refractivity (Wildman–Crippen MR) is 59.9 cm³/mol. The third kappa shape index (κ3) is 1.63. The first-order valence-corrected chi connectivity index (χ1v) is 5.55. The highest BCUT2D eigenvalue weighted by molar-refractivity contribution is 5.39. The smallest absolute Gasteiger partial charge is 0.136 e. The zero-order valence-corrected chi connectivity index (χ0v) is 8.69. The molecule has 3 rings (SSSR count). The number of nitrogens with one attached hydrogen (secondary N) is 1. The molecule has 1 saturated heterocycles. The van der Waals surface area contributed by atoms with E-state index in [0.29, 0.717) is 0 Å². The topological polar surface area (TPSA) is 29.3 Å². The van der Waals surface area contributed by atoms with E-state index in [4.69, 9.17) is 0 Å². The lowest BCUT2D eigenvalue weighted by molar-refractivity contribution is 0.568. The second kappa shape index (κ2) is 3.66. The lowest BCUT2D eigenvalue weighted by atomic mass is 10.0. The lowest BCUT2D eigenvalue weighted by Gasteiger charge is -2.10. The van der Waals surface area contributed by atoms with E-state index >= 15 is 0 Å². The number of pyridine rings is 1. The molecule has 0 aromatic carbocycles. The Balaban J connectivity index is 1.92. The van der Waals surface area contributed by atoms with Gasteiger partial charge in [0, 0.05) is 18.1 Å². The van der Waals surface area contributed by atoms with Gasteiger partial charge in [0.25, 0.3) is 0 Å². The largest absolute Gasteiger partial charge is 0.316 e. The summed E-state index contributed by atoms with van der Waals surface area (Å²) in [5.74, 6) is 0.790. The van der Waals surface area contributed by atoms with Crippen LogP contribution < -0.4 is 5.32 Å². The van der Waals surface area contributed by atoms with Crippen LogP contribution in [0.5, 0.6) is 0 Å². The van der Waals surface area contributed by atoms with Crippen LogP contribution in [0.4, 0.5) is 0 Å². The molecular formula is C12H15N3. The number of aromatic nitrogens is 2. The Bertz CT molecular complexity index is 455. The molecule has 0 amide bonds. The minimum Gasteiger partial charge on any atom is -0.316 e. The standard InChI is InChI=1S/C12H15N3/c1-2-11(8-10-4-5-13-9-10)15-7-6-14-12(15)3-1/h1-3,6-7,10,13H,4-5,8-9H2. The fraction of sp³-hybridized carbons (Fsp3) is 0.417. The maximum Gasteiger partial charge on any atom is 0.136 e. The first kappa shape index (κ1) is 8.92. The van der Waals surface area contributed by atoms with Gasteiger partial charge in [-0.05, 0) is 44.0 Å². The summed E-state index contributed by atoms with van der Waals surface area (Å²) in [5.41, 5.74) is 2.43. The van der Waals surface area contributed by atoms with Crippen LogP contribution >= 0.6 is 0 Å². The number of imidazole rings is 1. The summed E-state index contributed by atoms with van der Waals surface area (Å²) in [7, 11) is 0. The Morgan fingerprint density at radius 2 is 2.47 bits per heavy atom. The van der Waals surface area contributed by atoms with Crippen molar-refractivity contribution in [2.24, 2.45) is 5.92 Å². The van der Waals surface area contributed by atoms with Crippen molar-refractivity contribution in [3.05, 3.63) is 36.3 Å². The first-order valence-electron chi connectivity index (χ1n) is 5.55. The molecule has 0 spiro atoms. The molecule has 1 unspecified atom stereocenters. The van der Waals surface area contributed by atoms with Crippen molar-refractivity contribution in [2.45, 2.75) is 12.8 Å². The molecule has 1 aliphatic heterocycles. The fourth-order valence-corrected chi connectivity index (χ4v) is 2.36. The van der Waals surface area contributed by atoms with Crippen molar-refractivity contribution < 1.29 is 0 Å². The van der Waals surface area contributed by atoms with Crippen molar-refractivity contribution in [1.82, 2.24) is 14.7 Å². The van der Waals surface area contributed by atoms with Gasteiger partial charge < -0.3 is 9.72 Å². The van der Waals surface area contributed by atoms with Crippen LogP contribution in [0.3, 0.4) is 0 Å². The molecule has 0 aliphatic carbocycles. The Morgan fingerprint density at radius 1 is 1.47 bits per heavy atom. The minimum atomic E-state index is 0.790. The third-order valence-corrected chi connectivity index (χ3v) is 3.17. The number of nitrogens with zero attached hydrogens (tertiary/aromatic N) is 2. The van der Waals surface area contributed by atoms with Crippen molar-refractivity contribution >= 4 is 5.65 Å².